The molecule has 0 N–H and O–H groups in total. The van der Waals surface area contributed by atoms with Gasteiger partial charge in [0, 0.05) is 48.7 Å². The summed E-state index contributed by atoms with van der Waals surface area (Å²) < 4.78 is 0. The van der Waals surface area contributed by atoms with Gasteiger partial charge >= 0.3 is 0 Å². The van der Waals surface area contributed by atoms with Crippen LogP contribution in [0.1, 0.15) is 37.7 Å². The summed E-state index contributed by atoms with van der Waals surface area (Å²) in [5, 5.41) is 0.793. The topological polar surface area (TPSA) is 23.6 Å². The van der Waals surface area contributed by atoms with Crippen LogP contribution in [0.4, 0.5) is 5.69 Å². The standard InChI is InChI=1S/C28H31ClN2O/c29-23-8-6-19(7-9-23)28(22-15-20-14-21-16-25(28)27(20,21)17-22)18-26(32)31-12-10-30(11-13-31)24-4-2-1-3-5-24/h1-9,20-22,25H,10-18H2. The van der Waals surface area contributed by atoms with E-state index in [0.29, 0.717) is 29.6 Å². The fourth-order valence-electron chi connectivity index (χ4n) is 8.98. The zero-order valence-electron chi connectivity index (χ0n) is 18.6. The first kappa shape index (κ1) is 19.5. The summed E-state index contributed by atoms with van der Waals surface area (Å²) in [7, 11) is 0. The smallest absolute Gasteiger partial charge is 0.223 e. The van der Waals surface area contributed by atoms with Crippen LogP contribution in [0.25, 0.3) is 0 Å². The van der Waals surface area contributed by atoms with Crippen LogP contribution in [0.3, 0.4) is 0 Å². The predicted octanol–water partition coefficient (Wildman–Crippen LogP) is 5.38. The van der Waals surface area contributed by atoms with E-state index in [-0.39, 0.29) is 5.41 Å². The Hall–Kier alpha value is -2.00. The van der Waals surface area contributed by atoms with Crippen LogP contribution in [0.5, 0.6) is 0 Å². The van der Waals surface area contributed by atoms with Crippen molar-refractivity contribution < 1.29 is 4.79 Å². The van der Waals surface area contributed by atoms with Crippen LogP contribution in [0.2, 0.25) is 5.02 Å². The van der Waals surface area contributed by atoms with Gasteiger partial charge in [-0.2, -0.15) is 0 Å². The third kappa shape index (κ3) is 2.41. The lowest BCUT2D eigenvalue weighted by Crippen LogP contribution is -2.66. The van der Waals surface area contributed by atoms with Gasteiger partial charge in [-0.15, -0.1) is 0 Å². The molecule has 1 spiro atoms. The first-order chi connectivity index (χ1) is 15.6. The molecule has 5 fully saturated rings. The highest BCUT2D eigenvalue weighted by Crippen LogP contribution is 2.86. The average molecular weight is 447 g/mol. The van der Waals surface area contributed by atoms with Gasteiger partial charge in [-0.25, -0.2) is 0 Å². The minimum atomic E-state index is 0.0334. The molecule has 4 saturated carbocycles. The Morgan fingerprint density at radius 1 is 0.875 bits per heavy atom. The highest BCUT2D eigenvalue weighted by atomic mass is 35.5. The van der Waals surface area contributed by atoms with Crippen molar-refractivity contribution in [2.75, 3.05) is 31.1 Å². The summed E-state index contributed by atoms with van der Waals surface area (Å²) in [6, 6.07) is 19.1. The van der Waals surface area contributed by atoms with E-state index in [1.807, 2.05) is 12.1 Å². The van der Waals surface area contributed by atoms with Crippen molar-refractivity contribution in [2.24, 2.45) is 29.1 Å². The number of anilines is 1. The summed E-state index contributed by atoms with van der Waals surface area (Å²) in [4.78, 5) is 18.3. The van der Waals surface area contributed by atoms with Crippen LogP contribution in [-0.2, 0) is 10.2 Å². The molecule has 166 valence electrons. The van der Waals surface area contributed by atoms with Crippen LogP contribution in [0.15, 0.2) is 54.6 Å². The van der Waals surface area contributed by atoms with Crippen molar-refractivity contribution >= 4 is 23.2 Å². The quantitative estimate of drug-likeness (QED) is 0.629. The summed E-state index contributed by atoms with van der Waals surface area (Å²) in [6.07, 6.45) is 6.19. The number of fused-ring (bicyclic) bond motifs is 1. The lowest BCUT2D eigenvalue weighted by atomic mass is 9.34. The summed E-state index contributed by atoms with van der Waals surface area (Å²) in [6.45, 7) is 3.50. The molecule has 1 saturated heterocycles. The lowest BCUT2D eigenvalue weighted by molar-refractivity contribution is -0.202. The minimum Gasteiger partial charge on any atom is -0.368 e. The van der Waals surface area contributed by atoms with Crippen molar-refractivity contribution in [1.29, 1.82) is 0 Å². The van der Waals surface area contributed by atoms with Crippen LogP contribution in [-0.4, -0.2) is 37.0 Å². The summed E-state index contributed by atoms with van der Waals surface area (Å²) in [5.41, 5.74) is 3.26. The van der Waals surface area contributed by atoms with E-state index in [1.165, 1.54) is 36.9 Å². The van der Waals surface area contributed by atoms with Crippen LogP contribution in [0, 0.1) is 29.1 Å². The lowest BCUT2D eigenvalue weighted by Gasteiger charge is -2.70. The highest BCUT2D eigenvalue weighted by molar-refractivity contribution is 6.30. The molecule has 2 aromatic carbocycles. The Morgan fingerprint density at radius 2 is 1.56 bits per heavy atom. The van der Waals surface area contributed by atoms with Gasteiger partial charge in [-0.05, 0) is 84.6 Å². The summed E-state index contributed by atoms with van der Waals surface area (Å²) >= 11 is 6.26. The number of carbonyl (C=O) groups is 1. The van der Waals surface area contributed by atoms with E-state index >= 15 is 0 Å². The van der Waals surface area contributed by atoms with Crippen LogP contribution < -0.4 is 4.90 Å². The van der Waals surface area contributed by atoms with Gasteiger partial charge in [0.15, 0.2) is 0 Å². The molecule has 3 nitrogen and oxygen atoms in total. The zero-order valence-corrected chi connectivity index (χ0v) is 19.3. The van der Waals surface area contributed by atoms with Crippen LogP contribution >= 0.6 is 11.6 Å². The Labute approximate surface area is 195 Å². The number of para-hydroxylation sites is 1. The number of piperazine rings is 1. The first-order valence-corrected chi connectivity index (χ1v) is 12.8. The number of hydrogen-bond acceptors (Lipinski definition) is 2. The Morgan fingerprint density at radius 3 is 2.25 bits per heavy atom. The molecule has 2 aromatic rings. The maximum absolute atomic E-state index is 13.8. The van der Waals surface area contributed by atoms with Gasteiger partial charge in [-0.1, -0.05) is 41.9 Å². The van der Waals surface area contributed by atoms with Gasteiger partial charge in [0.25, 0.3) is 0 Å². The van der Waals surface area contributed by atoms with Gasteiger partial charge in [0.2, 0.25) is 5.91 Å². The molecular formula is C28H31ClN2O. The second kappa shape index (κ2) is 6.76. The Bertz CT molecular complexity index is 1050. The monoisotopic (exact) mass is 446 g/mol. The Kier molecular flexibility index (Phi) is 4.11. The number of nitrogens with zero attached hydrogens (tertiary/aromatic N) is 2. The van der Waals surface area contributed by atoms with Crippen molar-refractivity contribution in [1.82, 2.24) is 4.90 Å². The second-order valence-corrected chi connectivity index (χ2v) is 11.5. The molecule has 0 radical (unpaired) electrons. The van der Waals surface area contributed by atoms with Crippen molar-refractivity contribution in [3.63, 3.8) is 0 Å². The van der Waals surface area contributed by atoms with Gasteiger partial charge in [0.05, 0.1) is 0 Å². The third-order valence-corrected chi connectivity index (χ3v) is 10.6. The maximum atomic E-state index is 13.8. The molecule has 6 unspecified atom stereocenters. The molecule has 1 amide bonds. The average Bonchev–Trinajstić information content (AvgIpc) is 3.31. The fraction of sp³-hybridized carbons (Fsp3) is 0.536. The molecule has 5 aliphatic rings. The third-order valence-electron chi connectivity index (χ3n) is 10.4. The minimum absolute atomic E-state index is 0.0334. The molecule has 4 aliphatic carbocycles. The van der Waals surface area contributed by atoms with E-state index in [0.717, 1.165) is 43.0 Å². The predicted molar refractivity (Wildman–Crippen MR) is 128 cm³/mol. The molecule has 1 heterocycles. The van der Waals surface area contributed by atoms with Gasteiger partial charge < -0.3 is 9.80 Å². The Balaban J connectivity index is 1.14. The molecule has 32 heavy (non-hydrogen) atoms. The second-order valence-electron chi connectivity index (χ2n) is 11.1. The number of rotatable bonds is 4. The molecule has 4 heteroatoms. The normalized spacial score (nSPS) is 38.8. The van der Waals surface area contributed by atoms with E-state index in [1.54, 1.807) is 0 Å². The van der Waals surface area contributed by atoms with E-state index in [9.17, 15) is 4.79 Å². The van der Waals surface area contributed by atoms with E-state index < -0.39 is 0 Å². The number of carbonyl (C=O) groups excluding carboxylic acids is 1. The molecular weight excluding hydrogens is 416 g/mol. The number of halogens is 1. The molecule has 6 atom stereocenters. The molecule has 7 rings (SSSR count). The van der Waals surface area contributed by atoms with E-state index in [4.69, 9.17) is 11.6 Å². The molecule has 2 bridgehead atoms. The van der Waals surface area contributed by atoms with Gasteiger partial charge in [-0.3, -0.25) is 4.79 Å². The summed E-state index contributed by atoms with van der Waals surface area (Å²) in [5.74, 6) is 3.63. The van der Waals surface area contributed by atoms with Crippen molar-refractivity contribution in [2.45, 2.75) is 37.5 Å². The largest absolute Gasteiger partial charge is 0.368 e. The SMILES string of the molecule is O=C(CC1(c2ccc(Cl)cc2)C2CC3CC4CC1C34C2)N1CCN(c2ccccc2)CC1. The van der Waals surface area contributed by atoms with Crippen molar-refractivity contribution in [3.8, 4) is 0 Å². The van der Waals surface area contributed by atoms with Gasteiger partial charge in [0.1, 0.15) is 0 Å². The number of hydrogen-bond donors (Lipinski definition) is 0. The molecule has 0 aromatic heterocycles. The number of amides is 1. The first-order valence-electron chi connectivity index (χ1n) is 12.4. The highest BCUT2D eigenvalue weighted by Gasteiger charge is 2.80. The van der Waals surface area contributed by atoms with Crippen molar-refractivity contribution in [3.05, 3.63) is 65.2 Å². The maximum Gasteiger partial charge on any atom is 0.223 e. The molecule has 1 aliphatic heterocycles. The number of benzene rings is 2. The van der Waals surface area contributed by atoms with E-state index in [2.05, 4.69) is 52.3 Å². The zero-order chi connectivity index (χ0) is 21.5. The fourth-order valence-corrected chi connectivity index (χ4v) is 9.10.